The van der Waals surface area contributed by atoms with E-state index in [1.165, 1.54) is 0 Å². The maximum atomic E-state index is 12.8. The molecule has 0 radical (unpaired) electrons. The summed E-state index contributed by atoms with van der Waals surface area (Å²) in [6.45, 7) is 0.988. The number of rotatable bonds is 5. The lowest BCUT2D eigenvalue weighted by Crippen LogP contribution is -2.45. The average Bonchev–Trinajstić information content (AvgIpc) is 3.07. The Morgan fingerprint density at radius 1 is 1.32 bits per heavy atom. The molecule has 1 aromatic heterocycles. The van der Waals surface area contributed by atoms with Gasteiger partial charge >= 0.3 is 0 Å². The molecule has 0 bridgehead atoms. The highest BCUT2D eigenvalue weighted by molar-refractivity contribution is 7.88. The first kappa shape index (κ1) is 17.4. The summed E-state index contributed by atoms with van der Waals surface area (Å²) < 4.78 is 32.2. The standard InChI is InChI=1S/C16H20N4O4S/c1-24-15-5-3-12(4-6-15)16(21)19-10-13-7-8-17-20(13)14(11-19)9-18-25(2,22)23/h3-8,14,18H,9-11H2,1-2H3/t14-/m1/s1. The van der Waals surface area contributed by atoms with Crippen LogP contribution >= 0.6 is 0 Å². The lowest BCUT2D eigenvalue weighted by atomic mass is 10.1. The first-order valence-corrected chi connectivity index (χ1v) is 9.67. The van der Waals surface area contributed by atoms with Gasteiger partial charge in [0.1, 0.15) is 5.75 Å². The lowest BCUT2D eigenvalue weighted by Gasteiger charge is -2.34. The molecule has 1 aliphatic heterocycles. The molecule has 25 heavy (non-hydrogen) atoms. The molecule has 0 fully saturated rings. The number of ether oxygens (including phenoxy) is 1. The summed E-state index contributed by atoms with van der Waals surface area (Å²) in [5, 5.41) is 4.26. The number of sulfonamides is 1. The molecule has 1 atom stereocenters. The molecule has 8 nitrogen and oxygen atoms in total. The third-order valence-electron chi connectivity index (χ3n) is 4.09. The van der Waals surface area contributed by atoms with Crippen molar-refractivity contribution in [2.45, 2.75) is 12.6 Å². The summed E-state index contributed by atoms with van der Waals surface area (Å²) >= 11 is 0. The Bertz CT molecular complexity index is 861. The van der Waals surface area contributed by atoms with Gasteiger partial charge in [-0.05, 0) is 30.3 Å². The Morgan fingerprint density at radius 3 is 2.68 bits per heavy atom. The molecule has 2 aromatic rings. The molecule has 1 aliphatic rings. The lowest BCUT2D eigenvalue weighted by molar-refractivity contribution is 0.0671. The molecule has 0 unspecified atom stereocenters. The van der Waals surface area contributed by atoms with Crippen LogP contribution < -0.4 is 9.46 Å². The number of nitrogens with one attached hydrogen (secondary N) is 1. The fourth-order valence-electron chi connectivity index (χ4n) is 2.86. The Labute approximate surface area is 146 Å². The number of hydrogen-bond acceptors (Lipinski definition) is 5. The number of carbonyl (C=O) groups excluding carboxylic acids is 1. The number of fused-ring (bicyclic) bond motifs is 1. The Balaban J connectivity index is 1.79. The van der Waals surface area contributed by atoms with E-state index in [1.807, 2.05) is 6.07 Å². The van der Waals surface area contributed by atoms with Gasteiger partial charge < -0.3 is 9.64 Å². The van der Waals surface area contributed by atoms with Crippen LogP contribution in [-0.4, -0.2) is 55.5 Å². The Kier molecular flexibility index (Phi) is 4.78. The fraction of sp³-hybridized carbons (Fsp3) is 0.375. The second-order valence-electron chi connectivity index (χ2n) is 5.96. The number of benzene rings is 1. The van der Waals surface area contributed by atoms with Gasteiger partial charge in [0.2, 0.25) is 10.0 Å². The maximum absolute atomic E-state index is 12.8. The molecule has 1 aromatic carbocycles. The predicted molar refractivity (Wildman–Crippen MR) is 91.8 cm³/mol. The van der Waals surface area contributed by atoms with E-state index in [9.17, 15) is 13.2 Å². The van der Waals surface area contributed by atoms with Crippen LogP contribution in [0.4, 0.5) is 0 Å². The van der Waals surface area contributed by atoms with Gasteiger partial charge in [-0.25, -0.2) is 13.1 Å². The van der Waals surface area contributed by atoms with Crippen LogP contribution in [0.25, 0.3) is 0 Å². The van der Waals surface area contributed by atoms with Crippen LogP contribution in [0.2, 0.25) is 0 Å². The molecule has 0 spiro atoms. The second kappa shape index (κ2) is 6.85. The minimum Gasteiger partial charge on any atom is -0.497 e. The monoisotopic (exact) mass is 364 g/mol. The van der Waals surface area contributed by atoms with Crippen LogP contribution in [0.5, 0.6) is 5.75 Å². The predicted octanol–water partition coefficient (Wildman–Crippen LogP) is 0.638. The molecule has 2 heterocycles. The summed E-state index contributed by atoms with van der Waals surface area (Å²) in [6, 6.07) is 8.50. The van der Waals surface area contributed by atoms with Crippen LogP contribution in [0.1, 0.15) is 22.1 Å². The summed E-state index contributed by atoms with van der Waals surface area (Å²) in [5.74, 6) is 0.572. The zero-order chi connectivity index (χ0) is 18.0. The van der Waals surface area contributed by atoms with E-state index >= 15 is 0 Å². The number of hydrogen-bond donors (Lipinski definition) is 1. The highest BCUT2D eigenvalue weighted by Crippen LogP contribution is 2.22. The van der Waals surface area contributed by atoms with Crippen molar-refractivity contribution < 1.29 is 17.9 Å². The number of methoxy groups -OCH3 is 1. The molecular weight excluding hydrogens is 344 g/mol. The van der Waals surface area contributed by atoms with E-state index in [0.29, 0.717) is 24.4 Å². The number of carbonyl (C=O) groups is 1. The second-order valence-corrected chi connectivity index (χ2v) is 7.79. The van der Waals surface area contributed by atoms with Crippen LogP contribution in [0, 0.1) is 0 Å². The summed E-state index contributed by atoms with van der Waals surface area (Å²) in [5.41, 5.74) is 1.43. The van der Waals surface area contributed by atoms with Crippen LogP contribution in [-0.2, 0) is 16.6 Å². The van der Waals surface area contributed by atoms with Crippen molar-refractivity contribution in [3.05, 3.63) is 47.8 Å². The maximum Gasteiger partial charge on any atom is 0.254 e. The van der Waals surface area contributed by atoms with Crippen LogP contribution in [0.3, 0.4) is 0 Å². The summed E-state index contributed by atoms with van der Waals surface area (Å²) in [6.07, 6.45) is 2.77. The van der Waals surface area contributed by atoms with Crippen molar-refractivity contribution in [1.82, 2.24) is 19.4 Å². The van der Waals surface area contributed by atoms with Crippen molar-refractivity contribution in [3.63, 3.8) is 0 Å². The van der Waals surface area contributed by atoms with Crippen molar-refractivity contribution in [2.75, 3.05) is 26.5 Å². The molecule has 0 saturated carbocycles. The van der Waals surface area contributed by atoms with E-state index in [1.54, 1.807) is 47.2 Å². The van der Waals surface area contributed by atoms with Crippen LogP contribution in [0.15, 0.2) is 36.5 Å². The van der Waals surface area contributed by atoms with Gasteiger partial charge in [-0.15, -0.1) is 0 Å². The quantitative estimate of drug-likeness (QED) is 0.840. The largest absolute Gasteiger partial charge is 0.497 e. The van der Waals surface area contributed by atoms with E-state index in [4.69, 9.17) is 4.74 Å². The third-order valence-corrected chi connectivity index (χ3v) is 4.78. The third kappa shape index (κ3) is 3.99. The zero-order valence-electron chi connectivity index (χ0n) is 14.0. The summed E-state index contributed by atoms with van der Waals surface area (Å²) in [7, 11) is -1.74. The van der Waals surface area contributed by atoms with Crippen molar-refractivity contribution >= 4 is 15.9 Å². The number of aromatic nitrogens is 2. The van der Waals surface area contributed by atoms with Gasteiger partial charge in [-0.1, -0.05) is 0 Å². The topological polar surface area (TPSA) is 93.5 Å². The van der Waals surface area contributed by atoms with Crippen molar-refractivity contribution in [2.24, 2.45) is 0 Å². The minimum atomic E-state index is -3.32. The van der Waals surface area contributed by atoms with Gasteiger partial charge in [0, 0.05) is 24.8 Å². The van der Waals surface area contributed by atoms with E-state index in [2.05, 4.69) is 9.82 Å². The molecule has 9 heteroatoms. The highest BCUT2D eigenvalue weighted by Gasteiger charge is 2.29. The molecule has 0 aliphatic carbocycles. The molecule has 3 rings (SSSR count). The van der Waals surface area contributed by atoms with Gasteiger partial charge in [0.25, 0.3) is 5.91 Å². The zero-order valence-corrected chi connectivity index (χ0v) is 14.9. The molecule has 1 N–H and O–H groups in total. The summed E-state index contributed by atoms with van der Waals surface area (Å²) in [4.78, 5) is 14.5. The van der Waals surface area contributed by atoms with Gasteiger partial charge in [-0.3, -0.25) is 9.48 Å². The average molecular weight is 364 g/mol. The van der Waals surface area contributed by atoms with E-state index in [0.717, 1.165) is 11.9 Å². The van der Waals surface area contributed by atoms with Gasteiger partial charge in [0.05, 0.1) is 31.6 Å². The molecule has 134 valence electrons. The Hall–Kier alpha value is -2.39. The normalized spacial score (nSPS) is 17.2. The van der Waals surface area contributed by atoms with E-state index < -0.39 is 10.0 Å². The first-order chi connectivity index (χ1) is 11.9. The molecular formula is C16H20N4O4S. The molecule has 0 saturated heterocycles. The first-order valence-electron chi connectivity index (χ1n) is 7.78. The van der Waals surface area contributed by atoms with Gasteiger partial charge in [-0.2, -0.15) is 5.10 Å². The van der Waals surface area contributed by atoms with Crippen molar-refractivity contribution in [3.8, 4) is 5.75 Å². The van der Waals surface area contributed by atoms with E-state index in [-0.39, 0.29) is 18.5 Å². The fourth-order valence-corrected chi connectivity index (χ4v) is 3.35. The Morgan fingerprint density at radius 2 is 2.04 bits per heavy atom. The van der Waals surface area contributed by atoms with Crippen molar-refractivity contribution in [1.29, 1.82) is 0 Å². The molecule has 1 amide bonds. The minimum absolute atomic E-state index is 0.112. The smallest absolute Gasteiger partial charge is 0.254 e. The number of amides is 1. The SMILES string of the molecule is COc1ccc(C(=O)N2Cc3ccnn3[C@H](CNS(C)(=O)=O)C2)cc1. The highest BCUT2D eigenvalue weighted by atomic mass is 32.2. The number of nitrogens with zero attached hydrogens (tertiary/aromatic N) is 3. The van der Waals surface area contributed by atoms with Gasteiger partial charge in [0.15, 0.2) is 0 Å².